The maximum absolute atomic E-state index is 13.3. The number of carbonyl (C=O) groups is 2. The molecule has 7 nitrogen and oxygen atoms in total. The van der Waals surface area contributed by atoms with Gasteiger partial charge in [0.1, 0.15) is 17.3 Å². The van der Waals surface area contributed by atoms with Gasteiger partial charge in [0.15, 0.2) is 0 Å². The van der Waals surface area contributed by atoms with Crippen molar-refractivity contribution in [3.05, 3.63) is 94.8 Å². The molecule has 1 atom stereocenters. The minimum absolute atomic E-state index is 0.00740. The summed E-state index contributed by atoms with van der Waals surface area (Å²) >= 11 is 0. The van der Waals surface area contributed by atoms with Crippen LogP contribution in [-0.4, -0.2) is 38.4 Å². The number of hydrogen-bond donors (Lipinski definition) is 2. The van der Waals surface area contributed by atoms with Gasteiger partial charge >= 0.3 is 0 Å². The van der Waals surface area contributed by atoms with Crippen LogP contribution in [0.25, 0.3) is 5.76 Å². The predicted octanol–water partition coefficient (Wildman–Crippen LogP) is 5.11. The van der Waals surface area contributed by atoms with Crippen molar-refractivity contribution in [2.75, 3.05) is 6.61 Å². The van der Waals surface area contributed by atoms with Crippen molar-refractivity contribution >= 4 is 17.4 Å². The van der Waals surface area contributed by atoms with Crippen molar-refractivity contribution in [3.63, 3.8) is 0 Å². The first-order chi connectivity index (χ1) is 17.1. The number of nitrogens with zero attached hydrogens (tertiary/aromatic N) is 2. The largest absolute Gasteiger partial charge is 0.508 e. The summed E-state index contributed by atoms with van der Waals surface area (Å²) in [6.45, 7) is 8.57. The molecule has 0 saturated carbocycles. The van der Waals surface area contributed by atoms with E-state index in [4.69, 9.17) is 4.74 Å². The summed E-state index contributed by atoms with van der Waals surface area (Å²) in [6.07, 6.45) is 1.61. The van der Waals surface area contributed by atoms with E-state index in [0.29, 0.717) is 29.2 Å². The molecule has 1 unspecified atom stereocenters. The van der Waals surface area contributed by atoms with Crippen LogP contribution >= 0.6 is 0 Å². The van der Waals surface area contributed by atoms with Crippen LogP contribution in [0.5, 0.6) is 11.5 Å². The molecule has 0 spiro atoms. The van der Waals surface area contributed by atoms with Gasteiger partial charge in [-0.2, -0.15) is 0 Å². The normalized spacial score (nSPS) is 17.4. The second-order valence-corrected chi connectivity index (χ2v) is 9.74. The summed E-state index contributed by atoms with van der Waals surface area (Å²) in [5.74, 6) is -1.12. The van der Waals surface area contributed by atoms with Gasteiger partial charge in [0.25, 0.3) is 11.7 Å². The van der Waals surface area contributed by atoms with E-state index in [2.05, 4.69) is 4.98 Å². The fraction of sp³-hybridized carbons (Fsp3) is 0.276. The number of phenols is 1. The van der Waals surface area contributed by atoms with Crippen molar-refractivity contribution in [1.29, 1.82) is 0 Å². The number of hydrogen-bond acceptors (Lipinski definition) is 6. The Labute approximate surface area is 210 Å². The molecule has 1 amide bonds. The highest BCUT2D eigenvalue weighted by Crippen LogP contribution is 2.42. The van der Waals surface area contributed by atoms with Crippen LogP contribution in [0.4, 0.5) is 0 Å². The van der Waals surface area contributed by atoms with E-state index < -0.39 is 17.7 Å². The number of aromatic nitrogens is 1. The van der Waals surface area contributed by atoms with Crippen molar-refractivity contribution in [2.24, 2.45) is 0 Å². The van der Waals surface area contributed by atoms with Crippen LogP contribution in [0.3, 0.4) is 0 Å². The molecule has 186 valence electrons. The molecule has 1 aliphatic rings. The number of ketones is 1. The molecule has 3 aromatic rings. The number of rotatable bonds is 6. The van der Waals surface area contributed by atoms with Gasteiger partial charge in [-0.25, -0.2) is 0 Å². The molecule has 0 radical (unpaired) electrons. The number of aromatic hydroxyl groups is 1. The zero-order chi connectivity index (χ0) is 26.0. The summed E-state index contributed by atoms with van der Waals surface area (Å²) in [6, 6.07) is 16.0. The Hall–Kier alpha value is -4.13. The Morgan fingerprint density at radius 3 is 2.47 bits per heavy atom. The zero-order valence-electron chi connectivity index (χ0n) is 20.9. The summed E-state index contributed by atoms with van der Waals surface area (Å²) in [5.41, 5.74) is 2.05. The molecule has 4 rings (SSSR count). The van der Waals surface area contributed by atoms with E-state index in [0.717, 1.165) is 5.56 Å². The fourth-order valence-corrected chi connectivity index (χ4v) is 4.45. The lowest BCUT2D eigenvalue weighted by Crippen LogP contribution is -2.29. The minimum atomic E-state index is -0.899. The number of ether oxygens (including phenoxy) is 1. The van der Waals surface area contributed by atoms with Gasteiger partial charge in [-0.15, -0.1) is 0 Å². The molecule has 7 heteroatoms. The number of phenolic OH excluding ortho intramolecular Hbond substituents is 1. The molecule has 2 N–H and O–H groups in total. The van der Waals surface area contributed by atoms with Crippen molar-refractivity contribution in [2.45, 2.75) is 45.7 Å². The third kappa shape index (κ3) is 4.82. The molecule has 2 heterocycles. The number of pyridine rings is 1. The smallest absolute Gasteiger partial charge is 0.296 e. The lowest BCUT2D eigenvalue weighted by atomic mass is 9.84. The van der Waals surface area contributed by atoms with Crippen LogP contribution < -0.4 is 4.74 Å². The highest BCUT2D eigenvalue weighted by molar-refractivity contribution is 6.46. The monoisotopic (exact) mass is 486 g/mol. The highest BCUT2D eigenvalue weighted by atomic mass is 16.5. The van der Waals surface area contributed by atoms with E-state index in [1.54, 1.807) is 54.7 Å². The van der Waals surface area contributed by atoms with Crippen LogP contribution in [0.2, 0.25) is 0 Å². The highest BCUT2D eigenvalue weighted by Gasteiger charge is 2.46. The molecule has 2 aromatic carbocycles. The topological polar surface area (TPSA) is 100.0 Å². The van der Waals surface area contributed by atoms with Crippen molar-refractivity contribution < 1.29 is 24.5 Å². The lowest BCUT2D eigenvalue weighted by Gasteiger charge is -2.26. The Bertz CT molecular complexity index is 1320. The number of aliphatic hydroxyl groups excluding tert-OH is 1. The number of Topliss-reactive ketones (excluding diaryl/α,β-unsaturated/α-hetero) is 1. The summed E-state index contributed by atoms with van der Waals surface area (Å²) in [4.78, 5) is 32.2. The van der Waals surface area contributed by atoms with Gasteiger partial charge < -0.3 is 19.8 Å². The third-order valence-electron chi connectivity index (χ3n) is 6.15. The molecule has 1 aromatic heterocycles. The van der Waals surface area contributed by atoms with Gasteiger partial charge in [0.2, 0.25) is 0 Å². The van der Waals surface area contributed by atoms with Crippen molar-refractivity contribution in [3.8, 4) is 11.5 Å². The molecular weight excluding hydrogens is 456 g/mol. The summed E-state index contributed by atoms with van der Waals surface area (Å²) < 4.78 is 5.79. The average Bonchev–Trinajstić information content (AvgIpc) is 3.09. The molecule has 0 bridgehead atoms. The second kappa shape index (κ2) is 9.85. The van der Waals surface area contributed by atoms with Crippen molar-refractivity contribution in [1.82, 2.24) is 9.88 Å². The zero-order valence-corrected chi connectivity index (χ0v) is 20.9. The first-order valence-corrected chi connectivity index (χ1v) is 11.9. The third-order valence-corrected chi connectivity index (χ3v) is 6.15. The first-order valence-electron chi connectivity index (χ1n) is 11.9. The number of likely N-dealkylation sites (tertiary alicyclic amines) is 1. The number of amides is 1. The van der Waals surface area contributed by atoms with Crippen LogP contribution in [0, 0.1) is 0 Å². The Balaban J connectivity index is 1.89. The van der Waals surface area contributed by atoms with E-state index in [-0.39, 0.29) is 29.0 Å². The SMILES string of the molecule is CCOc1ccc(/C(O)=C2/C(=O)C(=O)N(Cc3ccccn3)C2c2cccc(O)c2)cc1C(C)(C)C. The fourth-order valence-electron chi connectivity index (χ4n) is 4.45. The predicted molar refractivity (Wildman–Crippen MR) is 137 cm³/mol. The first kappa shape index (κ1) is 25.0. The Morgan fingerprint density at radius 1 is 1.06 bits per heavy atom. The quantitative estimate of drug-likeness (QED) is 0.286. The second-order valence-electron chi connectivity index (χ2n) is 9.74. The van der Waals surface area contributed by atoms with Gasteiger partial charge in [-0.1, -0.05) is 39.0 Å². The maximum atomic E-state index is 13.3. The van der Waals surface area contributed by atoms with Gasteiger partial charge in [-0.3, -0.25) is 14.6 Å². The van der Waals surface area contributed by atoms with Gasteiger partial charge in [0.05, 0.1) is 30.5 Å². The molecule has 0 aliphatic carbocycles. The average molecular weight is 487 g/mol. The molecule has 1 fully saturated rings. The van der Waals surface area contributed by atoms with E-state index in [1.807, 2.05) is 27.7 Å². The van der Waals surface area contributed by atoms with Crippen LogP contribution in [0.15, 0.2) is 72.4 Å². The Morgan fingerprint density at radius 2 is 1.83 bits per heavy atom. The molecule has 36 heavy (non-hydrogen) atoms. The lowest BCUT2D eigenvalue weighted by molar-refractivity contribution is -0.140. The van der Waals surface area contributed by atoms with E-state index >= 15 is 0 Å². The summed E-state index contributed by atoms with van der Waals surface area (Å²) in [5, 5.41) is 21.6. The minimum Gasteiger partial charge on any atom is -0.508 e. The standard InChI is InChI=1S/C29H30N2O5/c1-5-36-23-13-12-19(16-22(23)29(2,3)4)26(33)24-25(18-9-8-11-21(32)15-18)31(28(35)27(24)34)17-20-10-6-7-14-30-20/h6-16,25,32-33H,5,17H2,1-4H3/b26-24-. The van der Waals surface area contributed by atoms with Gasteiger partial charge in [0, 0.05) is 17.3 Å². The number of carbonyl (C=O) groups excluding carboxylic acids is 2. The number of aliphatic hydroxyl groups is 1. The molecular formula is C29H30N2O5. The maximum Gasteiger partial charge on any atom is 0.296 e. The molecule has 1 saturated heterocycles. The van der Waals surface area contributed by atoms with Crippen LogP contribution in [0.1, 0.15) is 56.1 Å². The Kier molecular flexibility index (Phi) is 6.84. The summed E-state index contributed by atoms with van der Waals surface area (Å²) in [7, 11) is 0. The van der Waals surface area contributed by atoms with Gasteiger partial charge in [-0.05, 0) is 60.4 Å². The molecule has 1 aliphatic heterocycles. The van der Waals surface area contributed by atoms with E-state index in [9.17, 15) is 19.8 Å². The van der Waals surface area contributed by atoms with Crippen LogP contribution in [-0.2, 0) is 21.5 Å². The van der Waals surface area contributed by atoms with E-state index in [1.165, 1.54) is 17.0 Å². The number of benzene rings is 2.